The fraction of sp³-hybridized carbons (Fsp3) is 1.00. The van der Waals surface area contributed by atoms with Gasteiger partial charge < -0.3 is 15.2 Å². The molecule has 0 amide bonds. The number of rotatable bonds is 8. The molecule has 3 unspecified atom stereocenters. The van der Waals surface area contributed by atoms with Crippen LogP contribution in [0.1, 0.15) is 20.8 Å². The van der Waals surface area contributed by atoms with Crippen molar-refractivity contribution in [2.75, 3.05) is 34.0 Å². The van der Waals surface area contributed by atoms with Gasteiger partial charge in [-0.3, -0.25) is 4.90 Å². The van der Waals surface area contributed by atoms with E-state index < -0.39 is 0 Å². The van der Waals surface area contributed by atoms with Crippen LogP contribution in [0.15, 0.2) is 0 Å². The largest absolute Gasteiger partial charge is 0.383 e. The average molecular weight is 218 g/mol. The van der Waals surface area contributed by atoms with E-state index in [1.807, 2.05) is 6.92 Å². The van der Waals surface area contributed by atoms with E-state index >= 15 is 0 Å². The molecule has 0 aromatic carbocycles. The third kappa shape index (κ3) is 5.47. The van der Waals surface area contributed by atoms with Gasteiger partial charge in [-0.1, -0.05) is 0 Å². The lowest BCUT2D eigenvalue weighted by molar-refractivity contribution is 0.0461. The van der Waals surface area contributed by atoms with Crippen LogP contribution in [0.25, 0.3) is 0 Å². The third-order valence-electron chi connectivity index (χ3n) is 2.81. The van der Waals surface area contributed by atoms with Crippen LogP contribution >= 0.6 is 0 Å². The van der Waals surface area contributed by atoms with Crippen LogP contribution in [0.4, 0.5) is 0 Å². The molecular formula is C11H26N2O2. The molecule has 0 aliphatic heterocycles. The topological polar surface area (TPSA) is 47.7 Å². The van der Waals surface area contributed by atoms with E-state index in [0.717, 1.165) is 19.8 Å². The molecule has 0 saturated carbocycles. The Labute approximate surface area is 93.7 Å². The summed E-state index contributed by atoms with van der Waals surface area (Å²) in [7, 11) is 3.44. The van der Waals surface area contributed by atoms with Crippen molar-refractivity contribution < 1.29 is 9.47 Å². The fourth-order valence-electron chi connectivity index (χ4n) is 1.66. The molecule has 0 radical (unpaired) electrons. The summed E-state index contributed by atoms with van der Waals surface area (Å²) < 4.78 is 10.3. The summed E-state index contributed by atoms with van der Waals surface area (Å²) in [6, 6.07) is 0.859. The molecule has 0 bridgehead atoms. The number of hydrogen-bond acceptors (Lipinski definition) is 4. The number of nitrogens with zero attached hydrogens (tertiary/aromatic N) is 1. The summed E-state index contributed by atoms with van der Waals surface area (Å²) in [5.74, 6) is 0. The first-order chi connectivity index (χ1) is 7.04. The quantitative estimate of drug-likeness (QED) is 0.651. The molecule has 15 heavy (non-hydrogen) atoms. The van der Waals surface area contributed by atoms with Gasteiger partial charge in [0.15, 0.2) is 0 Å². The first-order valence-electron chi connectivity index (χ1n) is 5.53. The summed E-state index contributed by atoms with van der Waals surface area (Å²) in [6.45, 7) is 8.67. The Balaban J connectivity index is 4.27. The Morgan fingerprint density at radius 3 is 2.13 bits per heavy atom. The van der Waals surface area contributed by atoms with Gasteiger partial charge >= 0.3 is 0 Å². The summed E-state index contributed by atoms with van der Waals surface area (Å²) in [5, 5.41) is 0. The van der Waals surface area contributed by atoms with E-state index in [0.29, 0.717) is 12.1 Å². The van der Waals surface area contributed by atoms with Crippen molar-refractivity contribution in [1.82, 2.24) is 4.90 Å². The molecule has 0 rings (SSSR count). The lowest BCUT2D eigenvalue weighted by Crippen LogP contribution is -2.51. The van der Waals surface area contributed by atoms with Gasteiger partial charge in [0.1, 0.15) is 0 Å². The predicted molar refractivity (Wildman–Crippen MR) is 63.0 cm³/mol. The number of hydrogen-bond donors (Lipinski definition) is 1. The van der Waals surface area contributed by atoms with Crippen molar-refractivity contribution in [2.45, 2.75) is 38.9 Å². The Morgan fingerprint density at radius 2 is 1.73 bits per heavy atom. The molecule has 0 aromatic heterocycles. The second kappa shape index (κ2) is 8.05. The monoisotopic (exact) mass is 218 g/mol. The zero-order valence-corrected chi connectivity index (χ0v) is 10.7. The number of methoxy groups -OCH3 is 2. The van der Waals surface area contributed by atoms with Crippen LogP contribution in [0.2, 0.25) is 0 Å². The van der Waals surface area contributed by atoms with Crippen molar-refractivity contribution in [1.29, 1.82) is 0 Å². The molecule has 0 heterocycles. The first-order valence-corrected chi connectivity index (χ1v) is 5.53. The number of ether oxygens (including phenoxy) is 2. The Bertz CT molecular complexity index is 154. The smallest absolute Gasteiger partial charge is 0.0615 e. The molecule has 0 spiro atoms. The molecule has 3 atom stereocenters. The van der Waals surface area contributed by atoms with Crippen LogP contribution in [-0.2, 0) is 9.47 Å². The van der Waals surface area contributed by atoms with Crippen molar-refractivity contribution in [3.8, 4) is 0 Å². The lowest BCUT2D eigenvalue weighted by atomic mass is 10.1. The normalized spacial score (nSPS) is 17.8. The lowest BCUT2D eigenvalue weighted by Gasteiger charge is -2.36. The zero-order valence-electron chi connectivity index (χ0n) is 10.7. The number of nitrogens with two attached hydrogens (primary N) is 1. The zero-order chi connectivity index (χ0) is 11.8. The maximum Gasteiger partial charge on any atom is 0.0615 e. The van der Waals surface area contributed by atoms with Crippen molar-refractivity contribution in [2.24, 2.45) is 5.73 Å². The highest BCUT2D eigenvalue weighted by Crippen LogP contribution is 2.08. The minimum absolute atomic E-state index is 0.154. The molecule has 4 nitrogen and oxygen atoms in total. The van der Waals surface area contributed by atoms with E-state index in [-0.39, 0.29) is 6.04 Å². The van der Waals surface area contributed by atoms with Gasteiger partial charge in [-0.2, -0.15) is 0 Å². The summed E-state index contributed by atoms with van der Waals surface area (Å²) in [4.78, 5) is 2.33. The highest BCUT2D eigenvalue weighted by atomic mass is 16.5. The molecular weight excluding hydrogens is 192 g/mol. The van der Waals surface area contributed by atoms with E-state index in [2.05, 4.69) is 18.7 Å². The molecule has 92 valence electrons. The average Bonchev–Trinajstić information content (AvgIpc) is 2.18. The minimum Gasteiger partial charge on any atom is -0.383 e. The fourth-order valence-corrected chi connectivity index (χ4v) is 1.66. The van der Waals surface area contributed by atoms with Gasteiger partial charge in [-0.05, 0) is 20.8 Å². The van der Waals surface area contributed by atoms with Crippen LogP contribution in [0, 0.1) is 0 Å². The van der Waals surface area contributed by atoms with Crippen LogP contribution in [-0.4, -0.2) is 57.0 Å². The van der Waals surface area contributed by atoms with E-state index in [4.69, 9.17) is 15.2 Å². The van der Waals surface area contributed by atoms with Gasteiger partial charge in [0.2, 0.25) is 0 Å². The van der Waals surface area contributed by atoms with E-state index in [1.165, 1.54) is 0 Å². The molecule has 0 aliphatic carbocycles. The van der Waals surface area contributed by atoms with E-state index in [9.17, 15) is 0 Å². The van der Waals surface area contributed by atoms with Gasteiger partial charge in [-0.25, -0.2) is 0 Å². The first kappa shape index (κ1) is 14.8. The van der Waals surface area contributed by atoms with E-state index in [1.54, 1.807) is 14.2 Å². The summed E-state index contributed by atoms with van der Waals surface area (Å²) in [5.41, 5.74) is 5.92. The third-order valence-corrected chi connectivity index (χ3v) is 2.81. The van der Waals surface area contributed by atoms with Gasteiger partial charge in [0, 0.05) is 38.9 Å². The maximum absolute atomic E-state index is 5.92. The highest BCUT2D eigenvalue weighted by Gasteiger charge is 2.22. The molecule has 0 aromatic rings. The van der Waals surface area contributed by atoms with Gasteiger partial charge in [0.05, 0.1) is 13.2 Å². The minimum atomic E-state index is 0.154. The molecule has 2 N–H and O–H groups in total. The Hall–Kier alpha value is -0.160. The van der Waals surface area contributed by atoms with Crippen LogP contribution in [0.5, 0.6) is 0 Å². The predicted octanol–water partition coefficient (Wildman–Crippen LogP) is 0.705. The Kier molecular flexibility index (Phi) is 7.96. The van der Waals surface area contributed by atoms with Gasteiger partial charge in [-0.15, -0.1) is 0 Å². The SMILES string of the molecule is COCCN(C(C)COC)C(C)C(C)N. The van der Waals surface area contributed by atoms with Crippen molar-refractivity contribution in [3.63, 3.8) is 0 Å². The van der Waals surface area contributed by atoms with Gasteiger partial charge in [0.25, 0.3) is 0 Å². The maximum atomic E-state index is 5.92. The van der Waals surface area contributed by atoms with Crippen molar-refractivity contribution in [3.05, 3.63) is 0 Å². The standard InChI is InChI=1S/C11H26N2O2/c1-9(8-15-5)13(6-7-14-4)11(3)10(2)12/h9-11H,6-8,12H2,1-5H3. The summed E-state index contributed by atoms with van der Waals surface area (Å²) in [6.07, 6.45) is 0. The second-order valence-corrected chi connectivity index (χ2v) is 4.13. The molecule has 0 fully saturated rings. The molecule has 4 heteroatoms. The second-order valence-electron chi connectivity index (χ2n) is 4.13. The van der Waals surface area contributed by atoms with Crippen molar-refractivity contribution >= 4 is 0 Å². The van der Waals surface area contributed by atoms with Crippen LogP contribution in [0.3, 0.4) is 0 Å². The highest BCUT2D eigenvalue weighted by molar-refractivity contribution is 4.79. The van der Waals surface area contributed by atoms with Crippen LogP contribution < -0.4 is 5.73 Å². The molecule has 0 aliphatic rings. The molecule has 0 saturated heterocycles. The summed E-state index contributed by atoms with van der Waals surface area (Å²) >= 11 is 0. The Morgan fingerprint density at radius 1 is 1.13 bits per heavy atom.